The van der Waals surface area contributed by atoms with Crippen LogP contribution in [0.15, 0.2) is 46.3 Å². The maximum Gasteiger partial charge on any atom is 0.331 e. The van der Waals surface area contributed by atoms with E-state index in [0.29, 0.717) is 33.3 Å². The summed E-state index contributed by atoms with van der Waals surface area (Å²) in [6, 6.07) is 7.85. The third-order valence-electron chi connectivity index (χ3n) is 5.79. The van der Waals surface area contributed by atoms with Gasteiger partial charge in [-0.1, -0.05) is 12.1 Å². The zero-order chi connectivity index (χ0) is 27.9. The van der Waals surface area contributed by atoms with Crippen molar-refractivity contribution in [2.75, 3.05) is 11.0 Å². The van der Waals surface area contributed by atoms with Gasteiger partial charge in [-0.2, -0.15) is 9.61 Å². The number of anilines is 1. The molecule has 1 unspecified atom stereocenters. The number of imidazole rings is 1. The standard InChI is InChI=1S/C24H26N8O6S/c1-13(25)23(34)38-12-31-22(33)19(29-24(31)35)9-15-11-26-32-20(27-16-6-7-16)10-18(28-21(15)32)14-4-3-5-17(8-14)30-39(2,36)37/h3-5,8-11,13,16,30,33H,6-7,12,25H2,1-2H3,(H,29,35). The second kappa shape index (κ2) is 9.99. The number of aromatic amines is 1. The highest BCUT2D eigenvalue weighted by Crippen LogP contribution is 2.24. The molecule has 0 saturated heterocycles. The first-order valence-electron chi connectivity index (χ1n) is 11.9. The molecule has 204 valence electrons. The Balaban J connectivity index is 1.61. The molecule has 0 spiro atoms. The Morgan fingerprint density at radius 1 is 1.38 bits per heavy atom. The fraction of sp³-hybridized carbons (Fsp3) is 0.292. The zero-order valence-electron chi connectivity index (χ0n) is 21.0. The number of nitrogens with two attached hydrogens (primary N) is 1. The normalized spacial score (nSPS) is 15.6. The second-order valence-electron chi connectivity index (χ2n) is 9.27. The van der Waals surface area contributed by atoms with E-state index in [-0.39, 0.29) is 11.7 Å². The van der Waals surface area contributed by atoms with E-state index in [1.54, 1.807) is 34.8 Å². The van der Waals surface area contributed by atoms with Crippen molar-refractivity contribution in [3.05, 3.63) is 63.4 Å². The summed E-state index contributed by atoms with van der Waals surface area (Å²) in [5, 5.41) is 15.5. The van der Waals surface area contributed by atoms with Gasteiger partial charge in [-0.25, -0.2) is 22.8 Å². The van der Waals surface area contributed by atoms with Crippen molar-refractivity contribution in [3.63, 3.8) is 0 Å². The summed E-state index contributed by atoms with van der Waals surface area (Å²) in [6.45, 7) is 0.921. The van der Waals surface area contributed by atoms with Gasteiger partial charge >= 0.3 is 11.7 Å². The number of sulfonamides is 1. The number of nitrogens with one attached hydrogen (secondary N) is 2. The predicted molar refractivity (Wildman–Crippen MR) is 141 cm³/mol. The van der Waals surface area contributed by atoms with Gasteiger partial charge in [0.25, 0.3) is 0 Å². The predicted octanol–water partition coefficient (Wildman–Crippen LogP) is -0.578. The molecule has 1 atom stereocenters. The lowest BCUT2D eigenvalue weighted by Gasteiger charge is -2.07. The summed E-state index contributed by atoms with van der Waals surface area (Å²) in [6.07, 6.45) is 6.00. The molecule has 5 rings (SSSR count). The van der Waals surface area contributed by atoms with Gasteiger partial charge in [0.1, 0.15) is 11.7 Å². The summed E-state index contributed by atoms with van der Waals surface area (Å²) in [5.74, 6) is -1.18. The number of carbonyl (C=O) groups is 1. The maximum absolute atomic E-state index is 12.4. The van der Waals surface area contributed by atoms with E-state index in [9.17, 15) is 23.1 Å². The van der Waals surface area contributed by atoms with Gasteiger partial charge in [0.2, 0.25) is 15.9 Å². The van der Waals surface area contributed by atoms with E-state index >= 15 is 0 Å². The molecule has 0 aliphatic heterocycles. The summed E-state index contributed by atoms with van der Waals surface area (Å²) in [4.78, 5) is 36.1. The molecule has 5 N–H and O–H groups in total. The van der Waals surface area contributed by atoms with Crippen LogP contribution in [0.5, 0.6) is 5.88 Å². The third kappa shape index (κ3) is 5.83. The molecule has 1 aliphatic rings. The van der Waals surface area contributed by atoms with E-state index < -0.39 is 40.3 Å². The number of H-pyrrole nitrogens is 1. The van der Waals surface area contributed by atoms with Crippen LogP contribution in [-0.2, 0) is 26.3 Å². The molecule has 3 heterocycles. The fourth-order valence-electron chi connectivity index (χ4n) is 3.77. The Labute approximate surface area is 221 Å². The van der Waals surface area contributed by atoms with E-state index in [1.807, 2.05) is 0 Å². The number of fused-ring (bicyclic) bond motifs is 1. The number of rotatable bonds is 8. The van der Waals surface area contributed by atoms with Crippen LogP contribution in [0.25, 0.3) is 23.0 Å². The molecule has 0 amide bonds. The van der Waals surface area contributed by atoms with Crippen molar-refractivity contribution in [1.29, 1.82) is 0 Å². The Morgan fingerprint density at radius 3 is 2.85 bits per heavy atom. The first-order valence-corrected chi connectivity index (χ1v) is 13.8. The number of carbonyl (C=O) groups excluding carboxylic acids is 1. The number of aromatic hydroxyl groups is 1. The van der Waals surface area contributed by atoms with Crippen LogP contribution in [0.3, 0.4) is 0 Å². The van der Waals surface area contributed by atoms with Crippen LogP contribution in [0.4, 0.5) is 5.69 Å². The van der Waals surface area contributed by atoms with Gasteiger partial charge in [0.15, 0.2) is 17.9 Å². The number of hydrogen-bond donors (Lipinski definition) is 4. The molecule has 0 bridgehead atoms. The molecule has 39 heavy (non-hydrogen) atoms. The van der Waals surface area contributed by atoms with Crippen molar-refractivity contribution in [2.45, 2.75) is 38.6 Å². The summed E-state index contributed by atoms with van der Waals surface area (Å²) in [5.41, 5.74) is 7.32. The van der Waals surface area contributed by atoms with E-state index in [2.05, 4.69) is 14.8 Å². The Bertz CT molecular complexity index is 1870. The molecule has 1 saturated carbocycles. The van der Waals surface area contributed by atoms with Crippen LogP contribution in [0.1, 0.15) is 25.5 Å². The SMILES string of the molecule is CC(N)C(=O)OCn1c(O)c(C=c2cnn3c(=NC4CC4)cc(-c4cccc(NS(C)(=O)=O)c4)nc23)[nH]c1=O. The lowest BCUT2D eigenvalue weighted by molar-refractivity contribution is -0.148. The summed E-state index contributed by atoms with van der Waals surface area (Å²) < 4.78 is 33.2. The van der Waals surface area contributed by atoms with Crippen LogP contribution >= 0.6 is 0 Å². The maximum atomic E-state index is 12.4. The van der Waals surface area contributed by atoms with Crippen molar-refractivity contribution in [3.8, 4) is 17.1 Å². The average Bonchev–Trinajstić information content (AvgIpc) is 3.53. The minimum atomic E-state index is -3.47. The van der Waals surface area contributed by atoms with E-state index in [4.69, 9.17) is 20.4 Å². The zero-order valence-corrected chi connectivity index (χ0v) is 21.8. The minimum absolute atomic E-state index is 0.0546. The molecule has 0 radical (unpaired) electrons. The number of ether oxygens (including phenoxy) is 1. The topological polar surface area (TPSA) is 199 Å². The van der Waals surface area contributed by atoms with Crippen LogP contribution in [-0.4, -0.2) is 62.0 Å². The highest BCUT2D eigenvalue weighted by Gasteiger charge is 2.21. The Hall–Kier alpha value is -4.50. The summed E-state index contributed by atoms with van der Waals surface area (Å²) >= 11 is 0. The van der Waals surface area contributed by atoms with Crippen LogP contribution in [0.2, 0.25) is 0 Å². The Morgan fingerprint density at radius 2 is 2.15 bits per heavy atom. The van der Waals surface area contributed by atoms with Gasteiger partial charge in [0, 0.05) is 22.5 Å². The largest absolute Gasteiger partial charge is 0.493 e. The smallest absolute Gasteiger partial charge is 0.331 e. The molecular formula is C24H26N8O6S. The van der Waals surface area contributed by atoms with Crippen molar-refractivity contribution in [2.24, 2.45) is 10.7 Å². The molecule has 4 aromatic rings. The third-order valence-corrected chi connectivity index (χ3v) is 6.40. The van der Waals surface area contributed by atoms with Crippen LogP contribution in [0, 0.1) is 0 Å². The molecule has 1 aliphatic carbocycles. The molecule has 14 nitrogen and oxygen atoms in total. The monoisotopic (exact) mass is 554 g/mol. The van der Waals surface area contributed by atoms with Crippen molar-refractivity contribution < 1.29 is 23.1 Å². The minimum Gasteiger partial charge on any atom is -0.493 e. The first-order chi connectivity index (χ1) is 18.5. The lowest BCUT2D eigenvalue weighted by Crippen LogP contribution is -2.30. The quantitative estimate of drug-likeness (QED) is 0.206. The molecular weight excluding hydrogens is 528 g/mol. The number of nitrogens with zero attached hydrogens (tertiary/aromatic N) is 5. The molecule has 3 aromatic heterocycles. The van der Waals surface area contributed by atoms with Gasteiger partial charge in [-0.3, -0.25) is 14.5 Å². The van der Waals surface area contributed by atoms with Gasteiger partial charge in [0.05, 0.1) is 24.2 Å². The van der Waals surface area contributed by atoms with Crippen molar-refractivity contribution in [1.82, 2.24) is 24.1 Å². The number of benzene rings is 1. The first kappa shape index (κ1) is 26.1. The number of esters is 1. The Kier molecular flexibility index (Phi) is 6.69. The average molecular weight is 555 g/mol. The van der Waals surface area contributed by atoms with Gasteiger partial charge in [-0.05, 0) is 38.0 Å². The molecule has 15 heteroatoms. The molecule has 1 aromatic carbocycles. The van der Waals surface area contributed by atoms with Crippen molar-refractivity contribution >= 4 is 33.4 Å². The van der Waals surface area contributed by atoms with Crippen LogP contribution < -0.4 is 26.9 Å². The van der Waals surface area contributed by atoms with E-state index in [1.165, 1.54) is 19.2 Å². The highest BCUT2D eigenvalue weighted by atomic mass is 32.2. The van der Waals surface area contributed by atoms with Gasteiger partial charge in [-0.15, -0.1) is 0 Å². The number of aromatic nitrogens is 5. The summed E-state index contributed by atoms with van der Waals surface area (Å²) in [7, 11) is -3.47. The fourth-order valence-corrected chi connectivity index (χ4v) is 4.32. The van der Waals surface area contributed by atoms with E-state index in [0.717, 1.165) is 23.7 Å². The molecule has 1 fully saturated rings. The highest BCUT2D eigenvalue weighted by molar-refractivity contribution is 7.92. The number of hydrogen-bond acceptors (Lipinski definition) is 10. The van der Waals surface area contributed by atoms with Gasteiger partial charge < -0.3 is 20.6 Å². The second-order valence-corrected chi connectivity index (χ2v) is 11.0. The lowest BCUT2D eigenvalue weighted by atomic mass is 10.1.